The molecule has 1 atom stereocenters. The second kappa shape index (κ2) is 8.22. The monoisotopic (exact) mass is 434 g/mol. The quantitative estimate of drug-likeness (QED) is 0.663. The molecule has 0 bridgehead atoms. The number of nitrogens with one attached hydrogen (secondary N) is 1. The van der Waals surface area contributed by atoms with Crippen LogP contribution in [0.1, 0.15) is 47.7 Å². The predicted molar refractivity (Wildman–Crippen MR) is 118 cm³/mol. The van der Waals surface area contributed by atoms with Crippen LogP contribution >= 0.6 is 0 Å². The molecule has 1 N–H and O–H groups in total. The molecule has 2 heterocycles. The molecule has 1 aromatic carbocycles. The van der Waals surface area contributed by atoms with Gasteiger partial charge in [0.05, 0.1) is 22.6 Å². The molecule has 0 fully saturated rings. The van der Waals surface area contributed by atoms with E-state index in [4.69, 9.17) is 0 Å². The van der Waals surface area contributed by atoms with Gasteiger partial charge in [0.15, 0.2) is 0 Å². The molecule has 32 heavy (non-hydrogen) atoms. The minimum absolute atomic E-state index is 0.0519. The van der Waals surface area contributed by atoms with Crippen molar-refractivity contribution in [2.45, 2.75) is 37.9 Å². The fourth-order valence-corrected chi connectivity index (χ4v) is 4.44. The van der Waals surface area contributed by atoms with E-state index >= 15 is 0 Å². The molecule has 0 spiro atoms. The lowest BCUT2D eigenvalue weighted by Crippen LogP contribution is -2.33. The van der Waals surface area contributed by atoms with Crippen molar-refractivity contribution in [1.29, 1.82) is 0 Å². The number of aryl methyl sites for hydroxylation is 1. The molecule has 4 nitrogen and oxygen atoms in total. The van der Waals surface area contributed by atoms with E-state index in [1.165, 1.54) is 29.7 Å². The van der Waals surface area contributed by atoms with Crippen molar-refractivity contribution < 1.29 is 13.2 Å². The van der Waals surface area contributed by atoms with E-state index in [1.54, 1.807) is 12.2 Å². The normalized spacial score (nSPS) is 17.7. The van der Waals surface area contributed by atoms with Gasteiger partial charge >= 0.3 is 6.18 Å². The number of nitrogens with zero attached hydrogens (tertiary/aromatic N) is 3. The zero-order valence-corrected chi connectivity index (χ0v) is 17.2. The first kappa shape index (κ1) is 20.4. The number of alkyl halides is 3. The molecule has 2 aromatic heterocycles. The van der Waals surface area contributed by atoms with E-state index in [-0.39, 0.29) is 11.7 Å². The first-order chi connectivity index (χ1) is 15.5. The maximum atomic E-state index is 13.5. The molecule has 0 aliphatic heterocycles. The van der Waals surface area contributed by atoms with Crippen LogP contribution in [0, 0.1) is 0 Å². The van der Waals surface area contributed by atoms with Crippen LogP contribution < -0.4 is 15.9 Å². The van der Waals surface area contributed by atoms with Crippen LogP contribution in [0.25, 0.3) is 17.7 Å². The molecule has 7 heteroatoms. The average Bonchev–Trinajstić information content (AvgIpc) is 3.02. The number of rotatable bonds is 3. The van der Waals surface area contributed by atoms with Crippen molar-refractivity contribution in [1.82, 2.24) is 15.0 Å². The summed E-state index contributed by atoms with van der Waals surface area (Å²) in [6, 6.07) is 10.9. The molecule has 0 saturated heterocycles. The Bertz CT molecular complexity index is 1310. The van der Waals surface area contributed by atoms with E-state index in [9.17, 15) is 13.2 Å². The lowest BCUT2D eigenvalue weighted by molar-refractivity contribution is -0.138. The van der Waals surface area contributed by atoms with Gasteiger partial charge in [-0.3, -0.25) is 4.98 Å². The third-order valence-corrected chi connectivity index (χ3v) is 5.98. The Kier molecular flexibility index (Phi) is 5.25. The van der Waals surface area contributed by atoms with Gasteiger partial charge < -0.3 is 5.32 Å². The van der Waals surface area contributed by atoms with E-state index in [0.717, 1.165) is 30.5 Å². The van der Waals surface area contributed by atoms with E-state index in [0.29, 0.717) is 23.2 Å². The minimum Gasteiger partial charge on any atom is -0.363 e. The van der Waals surface area contributed by atoms with Crippen molar-refractivity contribution >= 4 is 23.5 Å². The highest BCUT2D eigenvalue weighted by atomic mass is 19.4. The number of halogens is 3. The molecule has 0 radical (unpaired) electrons. The molecule has 5 rings (SSSR count). The number of allylic oxidation sites excluding steroid dienone is 2. The van der Waals surface area contributed by atoms with Crippen molar-refractivity contribution in [3.05, 3.63) is 88.0 Å². The van der Waals surface area contributed by atoms with Gasteiger partial charge in [0.1, 0.15) is 12.1 Å². The van der Waals surface area contributed by atoms with Crippen molar-refractivity contribution in [3.8, 4) is 0 Å². The third kappa shape index (κ3) is 3.90. The molecular weight excluding hydrogens is 413 g/mol. The van der Waals surface area contributed by atoms with Gasteiger partial charge in [-0.25, -0.2) is 9.97 Å². The van der Waals surface area contributed by atoms with Crippen LogP contribution in [0.5, 0.6) is 0 Å². The number of aromatic nitrogens is 3. The summed E-state index contributed by atoms with van der Waals surface area (Å²) in [6.07, 6.45) is 7.17. The third-order valence-electron chi connectivity index (χ3n) is 5.98. The molecule has 0 saturated carbocycles. The van der Waals surface area contributed by atoms with E-state index in [1.807, 2.05) is 12.1 Å². The molecule has 2 aliphatic rings. The Morgan fingerprint density at radius 3 is 2.72 bits per heavy atom. The van der Waals surface area contributed by atoms with Gasteiger partial charge in [0.25, 0.3) is 0 Å². The first-order valence-electron chi connectivity index (χ1n) is 10.6. The maximum Gasteiger partial charge on any atom is 0.418 e. The Balaban J connectivity index is 1.54. The summed E-state index contributed by atoms with van der Waals surface area (Å²) in [5.74, 6) is 0.683. The Morgan fingerprint density at radius 1 is 0.969 bits per heavy atom. The topological polar surface area (TPSA) is 50.7 Å². The van der Waals surface area contributed by atoms with Crippen LogP contribution in [-0.2, 0) is 12.6 Å². The number of anilines is 1. The summed E-state index contributed by atoms with van der Waals surface area (Å²) < 4.78 is 40.5. The van der Waals surface area contributed by atoms with Crippen LogP contribution in [-0.4, -0.2) is 15.0 Å². The lowest BCUT2D eigenvalue weighted by atomic mass is 9.88. The molecule has 162 valence electrons. The van der Waals surface area contributed by atoms with Gasteiger partial charge in [-0.05, 0) is 60.6 Å². The summed E-state index contributed by atoms with van der Waals surface area (Å²) in [6.45, 7) is 0. The molecular formula is C25H21F3N4. The predicted octanol–water partition coefficient (Wildman–Crippen LogP) is 4.43. The second-order valence-corrected chi connectivity index (χ2v) is 7.97. The molecule has 1 unspecified atom stereocenters. The molecule has 0 amide bonds. The van der Waals surface area contributed by atoms with Crippen molar-refractivity contribution in [2.75, 3.05) is 5.32 Å². The zero-order chi connectivity index (χ0) is 22.1. The Hall–Kier alpha value is -3.48. The van der Waals surface area contributed by atoms with Crippen molar-refractivity contribution in [2.24, 2.45) is 0 Å². The lowest BCUT2D eigenvalue weighted by Gasteiger charge is -2.26. The molecule has 3 aromatic rings. The van der Waals surface area contributed by atoms with Crippen LogP contribution in [0.15, 0.2) is 55.0 Å². The highest BCUT2D eigenvalue weighted by Crippen LogP contribution is 2.35. The summed E-state index contributed by atoms with van der Waals surface area (Å²) in [5, 5.41) is 5.03. The summed E-state index contributed by atoms with van der Waals surface area (Å²) in [7, 11) is 0. The highest BCUT2D eigenvalue weighted by Gasteiger charge is 2.34. The van der Waals surface area contributed by atoms with Crippen LogP contribution in [0.2, 0.25) is 0 Å². The summed E-state index contributed by atoms with van der Waals surface area (Å²) in [5.41, 5.74) is 2.31. The number of fused-ring (bicyclic) bond motifs is 2. The second-order valence-electron chi connectivity index (χ2n) is 7.97. The smallest absolute Gasteiger partial charge is 0.363 e. The summed E-state index contributed by atoms with van der Waals surface area (Å²) in [4.78, 5) is 12.9. The zero-order valence-electron chi connectivity index (χ0n) is 17.2. The van der Waals surface area contributed by atoms with Crippen LogP contribution in [0.3, 0.4) is 0 Å². The summed E-state index contributed by atoms with van der Waals surface area (Å²) >= 11 is 0. The van der Waals surface area contributed by atoms with Gasteiger partial charge in [0.2, 0.25) is 0 Å². The maximum absolute atomic E-state index is 13.5. The van der Waals surface area contributed by atoms with Crippen molar-refractivity contribution in [3.63, 3.8) is 0 Å². The van der Waals surface area contributed by atoms with E-state index < -0.39 is 11.7 Å². The van der Waals surface area contributed by atoms with Gasteiger partial charge in [-0.1, -0.05) is 36.4 Å². The largest absolute Gasteiger partial charge is 0.418 e. The average molecular weight is 434 g/mol. The minimum atomic E-state index is -4.47. The highest BCUT2D eigenvalue weighted by molar-refractivity contribution is 5.76. The fourth-order valence-electron chi connectivity index (χ4n) is 4.44. The number of pyridine rings is 1. The fraction of sp³-hybridized carbons (Fsp3) is 0.240. The first-order valence-corrected chi connectivity index (χ1v) is 10.6. The number of benzene rings is 1. The number of hydrogen-bond donors (Lipinski definition) is 1. The SMILES string of the molecule is FC(F)(F)c1cccnc1C1=CC=c2c(NC3CCCc4ccccc43)ncnc2=CC1. The van der Waals surface area contributed by atoms with Gasteiger partial charge in [0, 0.05) is 11.4 Å². The van der Waals surface area contributed by atoms with Gasteiger partial charge in [-0.2, -0.15) is 13.2 Å². The standard InChI is InChI=1S/C25H21F3N4/c26-25(27,28)20-8-4-14-29-23(20)17-10-12-19-21(13-11-17)30-15-31-24(19)32-22-9-3-6-16-5-1-2-7-18(16)22/h1-2,4-5,7-8,10,12-15,22H,3,6,9,11H2,(H,30,31,32). The molecule has 2 aliphatic carbocycles. The van der Waals surface area contributed by atoms with Crippen LogP contribution in [0.4, 0.5) is 19.0 Å². The Labute approximate surface area is 183 Å². The van der Waals surface area contributed by atoms with Gasteiger partial charge in [-0.15, -0.1) is 0 Å². The Morgan fingerprint density at radius 2 is 1.84 bits per heavy atom. The van der Waals surface area contributed by atoms with E-state index in [2.05, 4.69) is 38.5 Å². The number of hydrogen-bond acceptors (Lipinski definition) is 4.